The Hall–Kier alpha value is -2.32. The number of ether oxygens (including phenoxy) is 1. The molecule has 1 unspecified atom stereocenters. The number of nitrogens with two attached hydrogens (primary N) is 1. The Kier molecular flexibility index (Phi) is 5.48. The monoisotopic (exact) mass is 373 g/mol. The smallest absolute Gasteiger partial charge is 0.422 e. The first-order chi connectivity index (χ1) is 11.9. The van der Waals surface area contributed by atoms with Crippen LogP contribution in [0.1, 0.15) is 55.6 Å². The number of nitrogens with zero attached hydrogens (tertiary/aromatic N) is 1. The van der Waals surface area contributed by atoms with Crippen LogP contribution in [0.25, 0.3) is 0 Å². The van der Waals surface area contributed by atoms with Crippen molar-refractivity contribution >= 4 is 11.8 Å². The molecule has 1 aliphatic rings. The summed E-state index contributed by atoms with van der Waals surface area (Å²) in [6, 6.07) is 0.217. The molecule has 9 heteroatoms. The van der Waals surface area contributed by atoms with Crippen LogP contribution in [0.4, 0.5) is 13.2 Å². The fraction of sp³-hybridized carbons (Fsp3) is 0.588. The Balaban J connectivity index is 2.23. The molecule has 0 bridgehead atoms. The van der Waals surface area contributed by atoms with Gasteiger partial charge in [-0.1, -0.05) is 20.8 Å². The van der Waals surface area contributed by atoms with Gasteiger partial charge in [-0.15, -0.1) is 0 Å². The van der Waals surface area contributed by atoms with E-state index in [1.807, 2.05) is 0 Å². The number of carbonyl (C=O) groups is 2. The number of nitrogens with one attached hydrogen (secondary N) is 1. The number of amides is 2. The summed E-state index contributed by atoms with van der Waals surface area (Å²) in [4.78, 5) is 28.0. The first-order valence-corrected chi connectivity index (χ1v) is 8.18. The highest BCUT2D eigenvalue weighted by Crippen LogP contribution is 2.44. The summed E-state index contributed by atoms with van der Waals surface area (Å²) in [6.07, 6.45) is -1.46. The summed E-state index contributed by atoms with van der Waals surface area (Å²) < 4.78 is 42.3. The Bertz CT molecular complexity index is 695. The van der Waals surface area contributed by atoms with Crippen molar-refractivity contribution in [3.8, 4) is 5.75 Å². The quantitative estimate of drug-likeness (QED) is 0.801. The van der Waals surface area contributed by atoms with Crippen LogP contribution >= 0.6 is 0 Å². The van der Waals surface area contributed by atoms with Crippen molar-refractivity contribution in [1.82, 2.24) is 10.3 Å². The molecule has 6 nitrogen and oxygen atoms in total. The van der Waals surface area contributed by atoms with Crippen LogP contribution in [0.5, 0.6) is 5.75 Å². The SMILES string of the molecule is CC(C)(C)C(NC(=O)c1cc(OCC(F)(F)F)c(C2CC2)cn1)C(N)=O. The first kappa shape index (κ1) is 20.0. The summed E-state index contributed by atoms with van der Waals surface area (Å²) >= 11 is 0. The maximum absolute atomic E-state index is 12.5. The number of primary amides is 1. The molecular weight excluding hydrogens is 351 g/mol. The van der Waals surface area contributed by atoms with Crippen LogP contribution in [-0.4, -0.2) is 35.6 Å². The minimum Gasteiger partial charge on any atom is -0.484 e. The molecule has 3 N–H and O–H groups in total. The summed E-state index contributed by atoms with van der Waals surface area (Å²) in [5.74, 6) is -1.34. The lowest BCUT2D eigenvalue weighted by atomic mass is 9.86. The lowest BCUT2D eigenvalue weighted by Crippen LogP contribution is -2.52. The van der Waals surface area contributed by atoms with Gasteiger partial charge in [0.25, 0.3) is 5.91 Å². The Morgan fingerprint density at radius 3 is 2.42 bits per heavy atom. The molecule has 144 valence electrons. The van der Waals surface area contributed by atoms with Crippen LogP contribution in [0.2, 0.25) is 0 Å². The van der Waals surface area contributed by atoms with Gasteiger partial charge in [-0.25, -0.2) is 0 Å². The Morgan fingerprint density at radius 1 is 1.35 bits per heavy atom. The van der Waals surface area contributed by atoms with Crippen molar-refractivity contribution in [2.24, 2.45) is 11.1 Å². The zero-order valence-corrected chi connectivity index (χ0v) is 14.8. The number of halogens is 3. The minimum absolute atomic E-state index is 0.0173. The van der Waals surface area contributed by atoms with E-state index in [9.17, 15) is 22.8 Å². The molecule has 1 aliphatic carbocycles. The second-order valence-electron chi connectivity index (χ2n) is 7.46. The van der Waals surface area contributed by atoms with E-state index in [1.165, 1.54) is 12.3 Å². The normalized spacial score (nSPS) is 16.1. The number of pyridine rings is 1. The predicted molar refractivity (Wildman–Crippen MR) is 87.7 cm³/mol. The van der Waals surface area contributed by atoms with Gasteiger partial charge in [0.2, 0.25) is 5.91 Å². The summed E-state index contributed by atoms with van der Waals surface area (Å²) in [5, 5.41) is 2.48. The zero-order valence-electron chi connectivity index (χ0n) is 14.8. The third kappa shape index (κ3) is 5.34. The van der Waals surface area contributed by atoms with Crippen LogP contribution < -0.4 is 15.8 Å². The van der Waals surface area contributed by atoms with E-state index < -0.39 is 36.1 Å². The molecule has 1 atom stereocenters. The van der Waals surface area contributed by atoms with Gasteiger partial charge in [-0.2, -0.15) is 13.2 Å². The minimum atomic E-state index is -4.49. The van der Waals surface area contributed by atoms with E-state index in [1.54, 1.807) is 20.8 Å². The number of rotatable bonds is 6. The highest BCUT2D eigenvalue weighted by molar-refractivity contribution is 5.96. The topological polar surface area (TPSA) is 94.3 Å². The van der Waals surface area contributed by atoms with E-state index in [4.69, 9.17) is 10.5 Å². The molecule has 26 heavy (non-hydrogen) atoms. The summed E-state index contributed by atoms with van der Waals surface area (Å²) in [5.41, 5.74) is 5.10. The number of hydrogen-bond acceptors (Lipinski definition) is 4. The van der Waals surface area contributed by atoms with E-state index in [0.717, 1.165) is 12.8 Å². The van der Waals surface area contributed by atoms with Crippen LogP contribution in [0, 0.1) is 5.41 Å². The van der Waals surface area contributed by atoms with Crippen LogP contribution in [0.15, 0.2) is 12.3 Å². The average Bonchev–Trinajstić information content (AvgIpc) is 3.32. The molecule has 1 fully saturated rings. The van der Waals surface area contributed by atoms with Crippen LogP contribution in [-0.2, 0) is 4.79 Å². The molecule has 2 amide bonds. The molecule has 0 radical (unpaired) electrons. The zero-order chi connectivity index (χ0) is 19.7. The van der Waals surface area contributed by atoms with Gasteiger partial charge in [0.15, 0.2) is 6.61 Å². The third-order valence-corrected chi connectivity index (χ3v) is 3.96. The average molecular weight is 373 g/mol. The largest absolute Gasteiger partial charge is 0.484 e. The second-order valence-corrected chi connectivity index (χ2v) is 7.46. The fourth-order valence-electron chi connectivity index (χ4n) is 2.48. The van der Waals surface area contributed by atoms with Crippen molar-refractivity contribution in [3.63, 3.8) is 0 Å². The van der Waals surface area contributed by atoms with Gasteiger partial charge < -0.3 is 15.8 Å². The van der Waals surface area contributed by atoms with Crippen molar-refractivity contribution in [3.05, 3.63) is 23.5 Å². The fourth-order valence-corrected chi connectivity index (χ4v) is 2.48. The van der Waals surface area contributed by atoms with E-state index in [-0.39, 0.29) is 17.4 Å². The molecule has 0 saturated heterocycles. The summed E-state index contributed by atoms with van der Waals surface area (Å²) in [7, 11) is 0. The molecule has 1 saturated carbocycles. The molecule has 0 aliphatic heterocycles. The van der Waals surface area contributed by atoms with Crippen molar-refractivity contribution in [2.75, 3.05) is 6.61 Å². The molecule has 1 aromatic heterocycles. The van der Waals surface area contributed by atoms with Gasteiger partial charge in [-0.05, 0) is 24.2 Å². The standard InChI is InChI=1S/C17H22F3N3O3/c1-16(2,3)13(14(21)24)23-15(25)11-6-12(26-8-17(18,19)20)10(7-22-11)9-4-5-9/h6-7,9,13H,4-5,8H2,1-3H3,(H2,21,24)(H,23,25). The number of aromatic nitrogens is 1. The lowest BCUT2D eigenvalue weighted by molar-refractivity contribution is -0.153. The third-order valence-electron chi connectivity index (χ3n) is 3.96. The molecule has 1 heterocycles. The molecule has 0 aromatic carbocycles. The Labute approximate surface area is 149 Å². The van der Waals surface area contributed by atoms with E-state index in [0.29, 0.717) is 5.56 Å². The summed E-state index contributed by atoms with van der Waals surface area (Å²) in [6.45, 7) is 3.72. The second kappa shape index (κ2) is 7.13. The highest BCUT2D eigenvalue weighted by Gasteiger charge is 2.34. The van der Waals surface area contributed by atoms with Gasteiger partial charge in [0.1, 0.15) is 17.5 Å². The Morgan fingerprint density at radius 2 is 1.96 bits per heavy atom. The van der Waals surface area contributed by atoms with Gasteiger partial charge in [-0.3, -0.25) is 14.6 Å². The maximum atomic E-state index is 12.5. The molecule has 0 spiro atoms. The van der Waals surface area contributed by atoms with Crippen molar-refractivity contribution in [1.29, 1.82) is 0 Å². The number of alkyl halides is 3. The van der Waals surface area contributed by atoms with Crippen molar-refractivity contribution < 1.29 is 27.5 Å². The van der Waals surface area contributed by atoms with Crippen LogP contribution in [0.3, 0.4) is 0 Å². The molecular formula is C17H22F3N3O3. The van der Waals surface area contributed by atoms with E-state index in [2.05, 4.69) is 10.3 Å². The predicted octanol–water partition coefficient (Wildman–Crippen LogP) is 2.53. The number of carbonyl (C=O) groups excluding carboxylic acids is 2. The van der Waals surface area contributed by atoms with Gasteiger partial charge >= 0.3 is 6.18 Å². The molecule has 1 aromatic rings. The highest BCUT2D eigenvalue weighted by atomic mass is 19.4. The lowest BCUT2D eigenvalue weighted by Gasteiger charge is -2.28. The number of hydrogen-bond donors (Lipinski definition) is 2. The van der Waals surface area contributed by atoms with E-state index >= 15 is 0 Å². The molecule has 2 rings (SSSR count). The van der Waals surface area contributed by atoms with Gasteiger partial charge in [0, 0.05) is 17.8 Å². The maximum Gasteiger partial charge on any atom is 0.422 e. The first-order valence-electron chi connectivity index (χ1n) is 8.18. The van der Waals surface area contributed by atoms with Gasteiger partial charge in [0.05, 0.1) is 0 Å². The van der Waals surface area contributed by atoms with Crippen molar-refractivity contribution in [2.45, 2.75) is 51.7 Å².